The molecule has 2 N–H and O–H groups in total. The van der Waals surface area contributed by atoms with Crippen molar-refractivity contribution in [2.24, 2.45) is 17.8 Å². The number of hydrogen-bond acceptors (Lipinski definition) is 2. The van der Waals surface area contributed by atoms with Gasteiger partial charge in [0.15, 0.2) is 0 Å². The second kappa shape index (κ2) is 4.52. The van der Waals surface area contributed by atoms with Crippen LogP contribution in [0.25, 0.3) is 0 Å². The predicted octanol–water partition coefficient (Wildman–Crippen LogP) is 1.88. The van der Waals surface area contributed by atoms with Crippen molar-refractivity contribution in [2.45, 2.75) is 45.1 Å². The summed E-state index contributed by atoms with van der Waals surface area (Å²) in [7, 11) is 0. The van der Waals surface area contributed by atoms with Gasteiger partial charge in [-0.1, -0.05) is 13.3 Å². The molecule has 0 amide bonds. The molecule has 2 aliphatic rings. The summed E-state index contributed by atoms with van der Waals surface area (Å²) < 4.78 is 0. The van der Waals surface area contributed by atoms with Crippen LogP contribution < -0.4 is 5.32 Å². The maximum atomic E-state index is 10.8. The first kappa shape index (κ1) is 10.9. The molecule has 3 heteroatoms. The molecule has 0 aromatic rings. The molecule has 0 heterocycles. The number of carboxylic acid groups (broad SMARTS) is 1. The molecule has 0 radical (unpaired) electrons. The summed E-state index contributed by atoms with van der Waals surface area (Å²) >= 11 is 0. The second-order valence-corrected chi connectivity index (χ2v) is 5.32. The van der Waals surface area contributed by atoms with Gasteiger partial charge in [0.25, 0.3) is 0 Å². The topological polar surface area (TPSA) is 49.3 Å². The molecule has 2 rings (SSSR count). The Morgan fingerprint density at radius 2 is 2.13 bits per heavy atom. The molecule has 2 saturated carbocycles. The van der Waals surface area contributed by atoms with Crippen LogP contribution in [0.4, 0.5) is 0 Å². The highest BCUT2D eigenvalue weighted by Gasteiger charge is 2.36. The van der Waals surface area contributed by atoms with Gasteiger partial charge in [0.1, 0.15) is 0 Å². The fourth-order valence-corrected chi connectivity index (χ4v) is 2.87. The largest absolute Gasteiger partial charge is 0.481 e. The minimum atomic E-state index is -0.626. The van der Waals surface area contributed by atoms with Gasteiger partial charge in [-0.15, -0.1) is 0 Å². The average molecular weight is 211 g/mol. The van der Waals surface area contributed by atoms with Crippen LogP contribution in [0.5, 0.6) is 0 Å². The van der Waals surface area contributed by atoms with E-state index in [2.05, 4.69) is 12.2 Å². The molecule has 0 aromatic carbocycles. The first-order valence-electron chi connectivity index (χ1n) is 6.13. The lowest BCUT2D eigenvalue weighted by atomic mass is 9.79. The number of carboxylic acids is 1. The zero-order chi connectivity index (χ0) is 10.8. The van der Waals surface area contributed by atoms with E-state index in [0.29, 0.717) is 0 Å². The van der Waals surface area contributed by atoms with Gasteiger partial charge in [-0.2, -0.15) is 0 Å². The second-order valence-electron chi connectivity index (χ2n) is 5.32. The Hall–Kier alpha value is -0.570. The quantitative estimate of drug-likeness (QED) is 0.746. The molecular weight excluding hydrogens is 190 g/mol. The fourth-order valence-electron chi connectivity index (χ4n) is 2.87. The summed E-state index contributed by atoms with van der Waals surface area (Å²) in [6.07, 6.45) is 5.88. The molecule has 0 saturated heterocycles. The number of hydrogen-bond donors (Lipinski definition) is 2. The molecule has 0 aliphatic heterocycles. The van der Waals surface area contributed by atoms with E-state index in [1.165, 1.54) is 19.3 Å². The van der Waals surface area contributed by atoms with Crippen LogP contribution in [0.2, 0.25) is 0 Å². The smallest absolute Gasteiger partial charge is 0.308 e. The zero-order valence-electron chi connectivity index (χ0n) is 9.41. The van der Waals surface area contributed by atoms with Gasteiger partial charge in [-0.3, -0.25) is 4.79 Å². The summed E-state index contributed by atoms with van der Waals surface area (Å²) in [5, 5.41) is 12.3. The Bertz CT molecular complexity index is 242. The molecule has 2 aliphatic carbocycles. The maximum absolute atomic E-state index is 10.8. The minimum absolute atomic E-state index is 0.121. The Kier molecular flexibility index (Phi) is 3.29. The van der Waals surface area contributed by atoms with E-state index in [1.54, 1.807) is 0 Å². The molecule has 2 fully saturated rings. The lowest BCUT2D eigenvalue weighted by molar-refractivity contribution is -0.146. The van der Waals surface area contributed by atoms with Crippen molar-refractivity contribution in [3.63, 3.8) is 0 Å². The van der Waals surface area contributed by atoms with Crippen LogP contribution in [0, 0.1) is 17.8 Å². The minimum Gasteiger partial charge on any atom is -0.481 e. The highest BCUT2D eigenvalue weighted by Crippen LogP contribution is 2.31. The normalized spacial score (nSPS) is 40.1. The first-order chi connectivity index (χ1) is 7.16. The molecule has 86 valence electrons. The third-order valence-electron chi connectivity index (χ3n) is 4.06. The van der Waals surface area contributed by atoms with Crippen molar-refractivity contribution in [3.8, 4) is 0 Å². The van der Waals surface area contributed by atoms with E-state index >= 15 is 0 Å². The standard InChI is InChI=1S/C12H21NO2/c1-8-2-3-9(6-8)7-13-11-5-4-10(11)12(14)15/h8-11,13H,2-7H2,1H3,(H,14,15). The monoisotopic (exact) mass is 211 g/mol. The van der Waals surface area contributed by atoms with Crippen LogP contribution >= 0.6 is 0 Å². The molecule has 15 heavy (non-hydrogen) atoms. The van der Waals surface area contributed by atoms with E-state index in [4.69, 9.17) is 5.11 Å². The number of carbonyl (C=O) groups is 1. The third-order valence-corrected chi connectivity index (χ3v) is 4.06. The van der Waals surface area contributed by atoms with Gasteiger partial charge < -0.3 is 10.4 Å². The van der Waals surface area contributed by atoms with Gasteiger partial charge >= 0.3 is 5.97 Å². The fraction of sp³-hybridized carbons (Fsp3) is 0.917. The first-order valence-corrected chi connectivity index (χ1v) is 6.13. The molecule has 3 nitrogen and oxygen atoms in total. The van der Waals surface area contributed by atoms with Crippen molar-refractivity contribution in [1.82, 2.24) is 5.32 Å². The summed E-state index contributed by atoms with van der Waals surface area (Å²) in [5.74, 6) is 0.908. The van der Waals surface area contributed by atoms with Crippen LogP contribution in [0.15, 0.2) is 0 Å². The summed E-state index contributed by atoms with van der Waals surface area (Å²) in [4.78, 5) is 10.8. The van der Waals surface area contributed by atoms with E-state index in [9.17, 15) is 4.79 Å². The van der Waals surface area contributed by atoms with Crippen molar-refractivity contribution in [1.29, 1.82) is 0 Å². The molecule has 4 atom stereocenters. The van der Waals surface area contributed by atoms with E-state index < -0.39 is 5.97 Å². The summed E-state index contributed by atoms with van der Waals surface area (Å²) in [6.45, 7) is 3.34. The number of rotatable bonds is 4. The van der Waals surface area contributed by atoms with Gasteiger partial charge in [-0.25, -0.2) is 0 Å². The highest BCUT2D eigenvalue weighted by molar-refractivity contribution is 5.72. The Labute approximate surface area is 91.2 Å². The van der Waals surface area contributed by atoms with Crippen molar-refractivity contribution < 1.29 is 9.90 Å². The lowest BCUT2D eigenvalue weighted by Crippen LogP contribution is -2.48. The summed E-state index contributed by atoms with van der Waals surface area (Å²) in [5.41, 5.74) is 0. The van der Waals surface area contributed by atoms with Gasteiger partial charge in [-0.05, 0) is 44.1 Å². The van der Waals surface area contributed by atoms with Gasteiger partial charge in [0, 0.05) is 6.04 Å². The molecular formula is C12H21NO2. The van der Waals surface area contributed by atoms with Crippen LogP contribution in [-0.2, 0) is 4.79 Å². The molecule has 0 aromatic heterocycles. The van der Waals surface area contributed by atoms with Crippen LogP contribution in [-0.4, -0.2) is 23.7 Å². The van der Waals surface area contributed by atoms with Crippen molar-refractivity contribution in [3.05, 3.63) is 0 Å². The number of nitrogens with one attached hydrogen (secondary N) is 1. The van der Waals surface area contributed by atoms with Crippen molar-refractivity contribution in [2.75, 3.05) is 6.54 Å². The Morgan fingerprint density at radius 3 is 2.60 bits per heavy atom. The Balaban J connectivity index is 1.68. The molecule has 0 spiro atoms. The predicted molar refractivity (Wildman–Crippen MR) is 58.7 cm³/mol. The highest BCUT2D eigenvalue weighted by atomic mass is 16.4. The van der Waals surface area contributed by atoms with E-state index in [0.717, 1.165) is 31.2 Å². The van der Waals surface area contributed by atoms with E-state index in [-0.39, 0.29) is 12.0 Å². The molecule has 4 unspecified atom stereocenters. The van der Waals surface area contributed by atoms with Gasteiger partial charge in [0.05, 0.1) is 5.92 Å². The van der Waals surface area contributed by atoms with Crippen LogP contribution in [0.1, 0.15) is 39.0 Å². The van der Waals surface area contributed by atoms with Crippen molar-refractivity contribution >= 4 is 5.97 Å². The third kappa shape index (κ3) is 2.51. The lowest BCUT2D eigenvalue weighted by Gasteiger charge is -2.35. The zero-order valence-corrected chi connectivity index (χ0v) is 9.41. The SMILES string of the molecule is CC1CCC(CNC2CCC2C(=O)O)C1. The summed E-state index contributed by atoms with van der Waals surface area (Å²) in [6, 6.07) is 0.249. The van der Waals surface area contributed by atoms with Crippen LogP contribution in [0.3, 0.4) is 0 Å². The van der Waals surface area contributed by atoms with E-state index in [1.807, 2.05) is 0 Å². The van der Waals surface area contributed by atoms with Gasteiger partial charge in [0.2, 0.25) is 0 Å². The molecule has 0 bridgehead atoms. The Morgan fingerprint density at radius 1 is 1.33 bits per heavy atom. The average Bonchev–Trinajstić information content (AvgIpc) is 2.48. The maximum Gasteiger partial charge on any atom is 0.308 e. The number of aliphatic carboxylic acids is 1.